The molecule has 0 aliphatic heterocycles. The zero-order valence-corrected chi connectivity index (χ0v) is 16.9. The highest BCUT2D eigenvalue weighted by Crippen LogP contribution is 2.18. The Labute approximate surface area is 165 Å². The first-order chi connectivity index (χ1) is 13.3. The Hall–Kier alpha value is -2.67. The van der Waals surface area contributed by atoms with Crippen LogP contribution in [0.5, 0.6) is 0 Å². The second-order valence-electron chi connectivity index (χ2n) is 6.42. The highest BCUT2D eigenvalue weighted by molar-refractivity contribution is 7.91. The summed E-state index contributed by atoms with van der Waals surface area (Å²) >= 11 is 0. The van der Waals surface area contributed by atoms with Gasteiger partial charge in [0.25, 0.3) is 0 Å². The monoisotopic (exact) mass is 403 g/mol. The lowest BCUT2D eigenvalue weighted by molar-refractivity contribution is -0.143. The number of hydrogen-bond donors (Lipinski definition) is 1. The summed E-state index contributed by atoms with van der Waals surface area (Å²) in [6.07, 6.45) is -0.212. The van der Waals surface area contributed by atoms with E-state index >= 15 is 0 Å². The Kier molecular flexibility index (Phi) is 7.75. The minimum Gasteiger partial charge on any atom is -0.466 e. The molecule has 0 radical (unpaired) electrons. The summed E-state index contributed by atoms with van der Waals surface area (Å²) in [5.74, 6) is -1.17. The van der Waals surface area contributed by atoms with E-state index in [-0.39, 0.29) is 30.1 Å². The van der Waals surface area contributed by atoms with Crippen molar-refractivity contribution < 1.29 is 22.7 Å². The van der Waals surface area contributed by atoms with Crippen molar-refractivity contribution in [3.8, 4) is 0 Å². The number of carbonyl (C=O) groups is 2. The van der Waals surface area contributed by atoms with Crippen LogP contribution in [0.2, 0.25) is 0 Å². The van der Waals surface area contributed by atoms with E-state index in [9.17, 15) is 18.0 Å². The summed E-state index contributed by atoms with van der Waals surface area (Å²) in [7, 11) is -3.56. The Morgan fingerprint density at radius 2 is 1.68 bits per heavy atom. The van der Waals surface area contributed by atoms with Gasteiger partial charge in [0.15, 0.2) is 9.84 Å². The topological polar surface area (TPSA) is 89.5 Å². The maximum Gasteiger partial charge on any atom is 0.308 e. The quantitative estimate of drug-likeness (QED) is 0.650. The molecule has 0 saturated heterocycles. The summed E-state index contributed by atoms with van der Waals surface area (Å²) in [4.78, 5) is 24.4. The Balaban J connectivity index is 2.02. The number of aryl methyl sites for hydroxylation is 1. The Morgan fingerprint density at radius 3 is 2.29 bits per heavy atom. The standard InChI is InChI=1S/C21H25NO5S/c1-3-27-21(24)15-19(17-7-5-4-6-8-17)22-20(23)13-14-28(25,26)18-11-9-16(2)10-12-18/h4-12,19H,3,13-15H2,1-2H3,(H,22,23). The number of esters is 1. The van der Waals surface area contributed by atoms with E-state index in [0.29, 0.717) is 0 Å². The molecule has 0 aliphatic rings. The average molecular weight is 404 g/mol. The van der Waals surface area contributed by atoms with Gasteiger partial charge in [-0.3, -0.25) is 9.59 Å². The fourth-order valence-corrected chi connectivity index (χ4v) is 3.92. The zero-order valence-electron chi connectivity index (χ0n) is 16.1. The zero-order chi connectivity index (χ0) is 20.6. The molecule has 1 amide bonds. The van der Waals surface area contributed by atoms with Gasteiger partial charge in [0.2, 0.25) is 5.91 Å². The summed E-state index contributed by atoms with van der Waals surface area (Å²) in [6, 6.07) is 15.0. The van der Waals surface area contributed by atoms with Crippen LogP contribution in [0.4, 0.5) is 0 Å². The lowest BCUT2D eigenvalue weighted by atomic mass is 10.0. The lowest BCUT2D eigenvalue weighted by Crippen LogP contribution is -2.31. The molecule has 7 heteroatoms. The second kappa shape index (κ2) is 10.0. The molecular formula is C21H25NO5S. The van der Waals surface area contributed by atoms with Crippen LogP contribution in [-0.2, 0) is 24.2 Å². The molecule has 2 aromatic carbocycles. The van der Waals surface area contributed by atoms with Crippen molar-refractivity contribution in [1.29, 1.82) is 0 Å². The van der Waals surface area contributed by atoms with Crippen molar-refractivity contribution in [3.05, 3.63) is 65.7 Å². The number of amides is 1. The molecule has 2 aromatic rings. The molecule has 28 heavy (non-hydrogen) atoms. The van der Waals surface area contributed by atoms with Crippen molar-refractivity contribution in [1.82, 2.24) is 5.32 Å². The van der Waals surface area contributed by atoms with Crippen molar-refractivity contribution in [3.63, 3.8) is 0 Å². The van der Waals surface area contributed by atoms with Crippen molar-refractivity contribution in [2.45, 2.75) is 37.6 Å². The van der Waals surface area contributed by atoms with E-state index < -0.39 is 27.8 Å². The van der Waals surface area contributed by atoms with Crippen molar-refractivity contribution in [2.24, 2.45) is 0 Å². The van der Waals surface area contributed by atoms with Gasteiger partial charge in [0.05, 0.1) is 29.7 Å². The molecule has 150 valence electrons. The molecule has 0 heterocycles. The Morgan fingerprint density at radius 1 is 1.04 bits per heavy atom. The highest BCUT2D eigenvalue weighted by Gasteiger charge is 2.21. The highest BCUT2D eigenvalue weighted by atomic mass is 32.2. The number of nitrogens with one attached hydrogen (secondary N) is 1. The fourth-order valence-electron chi connectivity index (χ4n) is 2.68. The molecule has 2 rings (SSSR count). The van der Waals surface area contributed by atoms with Gasteiger partial charge < -0.3 is 10.1 Å². The van der Waals surface area contributed by atoms with Gasteiger partial charge in [-0.05, 0) is 31.5 Å². The molecule has 0 fully saturated rings. The van der Waals surface area contributed by atoms with E-state index in [1.165, 1.54) is 12.1 Å². The first-order valence-electron chi connectivity index (χ1n) is 9.11. The van der Waals surface area contributed by atoms with E-state index in [4.69, 9.17) is 4.74 Å². The second-order valence-corrected chi connectivity index (χ2v) is 8.53. The maximum absolute atomic E-state index is 12.4. The molecule has 1 unspecified atom stereocenters. The van der Waals surface area contributed by atoms with Crippen molar-refractivity contribution >= 4 is 21.7 Å². The molecule has 6 nitrogen and oxygen atoms in total. The Bertz CT molecular complexity index is 892. The lowest BCUT2D eigenvalue weighted by Gasteiger charge is -2.18. The van der Waals surface area contributed by atoms with Gasteiger partial charge >= 0.3 is 5.97 Å². The van der Waals surface area contributed by atoms with Gasteiger partial charge in [-0.1, -0.05) is 48.0 Å². The smallest absolute Gasteiger partial charge is 0.308 e. The number of hydrogen-bond acceptors (Lipinski definition) is 5. The van der Waals surface area contributed by atoms with E-state index in [0.717, 1.165) is 11.1 Å². The van der Waals surface area contributed by atoms with Gasteiger partial charge in [0, 0.05) is 6.42 Å². The van der Waals surface area contributed by atoms with E-state index in [2.05, 4.69) is 5.32 Å². The molecule has 0 aromatic heterocycles. The summed E-state index contributed by atoms with van der Waals surface area (Å²) in [5.41, 5.74) is 1.71. The van der Waals surface area contributed by atoms with Crippen molar-refractivity contribution in [2.75, 3.05) is 12.4 Å². The number of sulfone groups is 1. The van der Waals surface area contributed by atoms with Gasteiger partial charge in [-0.15, -0.1) is 0 Å². The molecule has 0 aliphatic carbocycles. The van der Waals surface area contributed by atoms with Crippen LogP contribution in [0, 0.1) is 6.92 Å². The summed E-state index contributed by atoms with van der Waals surface area (Å²) in [6.45, 7) is 3.84. The minimum atomic E-state index is -3.56. The maximum atomic E-state index is 12.4. The third kappa shape index (κ3) is 6.49. The predicted octanol–water partition coefficient (Wildman–Crippen LogP) is 2.97. The fraction of sp³-hybridized carbons (Fsp3) is 0.333. The van der Waals surface area contributed by atoms with Crippen LogP contribution >= 0.6 is 0 Å². The average Bonchev–Trinajstić information content (AvgIpc) is 2.67. The van der Waals surface area contributed by atoms with Crippen LogP contribution < -0.4 is 5.32 Å². The third-order valence-electron chi connectivity index (χ3n) is 4.19. The van der Waals surface area contributed by atoms with Crippen LogP contribution in [0.15, 0.2) is 59.5 Å². The van der Waals surface area contributed by atoms with Crippen LogP contribution in [0.3, 0.4) is 0 Å². The number of benzene rings is 2. The first-order valence-corrected chi connectivity index (χ1v) is 10.8. The molecule has 0 spiro atoms. The molecule has 0 bridgehead atoms. The largest absolute Gasteiger partial charge is 0.466 e. The van der Waals surface area contributed by atoms with Crippen LogP contribution in [0.1, 0.15) is 36.9 Å². The van der Waals surface area contributed by atoms with E-state index in [1.54, 1.807) is 31.2 Å². The molecular weight excluding hydrogens is 378 g/mol. The minimum absolute atomic E-state index is 0.0195. The number of ether oxygens (including phenoxy) is 1. The van der Waals surface area contributed by atoms with E-state index in [1.807, 2.05) is 25.1 Å². The van der Waals surface area contributed by atoms with Gasteiger partial charge in [-0.25, -0.2) is 8.42 Å². The number of rotatable bonds is 9. The third-order valence-corrected chi connectivity index (χ3v) is 5.92. The normalized spacial score (nSPS) is 12.2. The van der Waals surface area contributed by atoms with Gasteiger partial charge in [0.1, 0.15) is 0 Å². The molecule has 1 N–H and O–H groups in total. The predicted molar refractivity (Wildman–Crippen MR) is 106 cm³/mol. The molecule has 1 atom stereocenters. The van der Waals surface area contributed by atoms with Crippen LogP contribution in [0.25, 0.3) is 0 Å². The molecule has 0 saturated carbocycles. The number of carbonyl (C=O) groups excluding carboxylic acids is 2. The van der Waals surface area contributed by atoms with Gasteiger partial charge in [-0.2, -0.15) is 0 Å². The van der Waals surface area contributed by atoms with Crippen LogP contribution in [-0.4, -0.2) is 32.7 Å². The summed E-state index contributed by atoms with van der Waals surface area (Å²) in [5, 5.41) is 2.75. The summed E-state index contributed by atoms with van der Waals surface area (Å²) < 4.78 is 29.8. The SMILES string of the molecule is CCOC(=O)CC(NC(=O)CCS(=O)(=O)c1ccc(C)cc1)c1ccccc1. The first kappa shape index (κ1) is 21.6.